The molecular weight excluding hydrogens is 1850 g/mol. The van der Waals surface area contributed by atoms with Crippen molar-refractivity contribution in [2.45, 2.75) is 386 Å². The molecule has 4 saturated heterocycles. The molecule has 6 aliphatic heterocycles. The second kappa shape index (κ2) is 58.2. The quantitative estimate of drug-likeness (QED) is 0.0296. The van der Waals surface area contributed by atoms with Gasteiger partial charge < -0.3 is 41.5 Å². The number of nitrogens with one attached hydrogen (secondary N) is 1. The van der Waals surface area contributed by atoms with Gasteiger partial charge >= 0.3 is 53.3 Å². The number of rotatable bonds is 14. The normalized spacial score (nSPS) is 20.0. The Hall–Kier alpha value is -8.17. The number of carbonyl (C=O) groups is 5. The van der Waals surface area contributed by atoms with Crippen LogP contribution >= 0.6 is 19.1 Å². The molecule has 4 aromatic carbocycles. The number of nitrogens with zero attached hydrogens (tertiary/aromatic N) is 10. The van der Waals surface area contributed by atoms with Crippen LogP contribution in [0.3, 0.4) is 0 Å². The molecule has 7 aliphatic rings. The third-order valence-corrected chi connectivity index (χ3v) is 23.4. The molecule has 35 heteroatoms. The van der Waals surface area contributed by atoms with Crippen LogP contribution in [0, 0.1) is 50.8 Å². The number of ether oxygens (including phenoxy) is 5. The summed E-state index contributed by atoms with van der Waals surface area (Å²) in [5.41, 5.74) is -6.04. The van der Waals surface area contributed by atoms with Gasteiger partial charge in [0, 0.05) is 74.4 Å². The predicted molar refractivity (Wildman–Crippen MR) is 524 cm³/mol. The fraction of sp³-hybridized carbons (Fsp3) is 0.625. The van der Waals surface area contributed by atoms with E-state index in [1.807, 2.05) is 157 Å². The Morgan fingerprint density at radius 3 is 1.32 bits per heavy atom. The second-order valence-electron chi connectivity index (χ2n) is 32.5. The maximum atomic E-state index is 15.1. The SMILES string of the molecule is C#N.CC.CC.CC.CC.CC.CC.CC.CC.CC.CC#N.CC(C)(O)/C=C/c1cccc2c1[C@@]1(CCNC(=O)OC(C)(C)C)[C@H](OC(C)(C)N1S(=O)(=O)c1ccc([N+](=O)[O-])cc1)N2C(=O)C1CCCN1C(=O)OC(C)(C)C.CC(C)=C[C@H]1CCC[C@]23c4c1cccc4N(C(=O)[C@@H]1CCCN1C(=O)OC(C)(C)C)[C@H]2OC(C)(C)N3S(=O)(=O)c1ccc([N+](=O)[O-])cc1.[CH3-].[Cl][Pd][Cl]. The number of hydrogen-bond acceptors (Lipinski definition) is 21. The summed E-state index contributed by atoms with van der Waals surface area (Å²) in [6, 6.07) is 20.1. The number of nitro benzene ring substituents is 2. The second-order valence-corrected chi connectivity index (χ2v) is 38.4. The van der Waals surface area contributed by atoms with Crippen LogP contribution in [0.15, 0.2) is 112 Å². The Kier molecular flexibility index (Phi) is 57.4. The first-order valence-electron chi connectivity index (χ1n) is 45.2. The number of aliphatic hydroxyl groups is 1. The first kappa shape index (κ1) is 129. The molecule has 0 aromatic heterocycles. The Morgan fingerprint density at radius 2 is 0.947 bits per heavy atom. The summed E-state index contributed by atoms with van der Waals surface area (Å²) in [6.45, 7) is 70.6. The summed E-state index contributed by atoms with van der Waals surface area (Å²) >= 11 is -0.106. The standard InChI is InChI=1S/C39H53N5O11S.C35H44N4O8S.C2H3N.9C2H6.CHN.CH3.2ClH.Pd/c1-35(2,3)54-33(46)40-23-22-39-30-25(20-21-37(7,8)48)13-11-14-28(30)42(31(45)29-15-12-24-41(29)34(47)55-36(4,5)6)32(39)53-38(9,10)44(39)56(51,52)27-18-16-26(17-19-27)43(49)50;1-22(2)21-23-11-9-19-35-29-26(23)12-8-13-27(29)37(30(40)28-14-10-20-36(28)32(41)47-33(3,4)5)31(35)46-34(6,7)39(35)48(44,45)25-17-15-24(16-18-25)38(42)43;1-2-3;10*1-2;;;;/h11,13-14,16-21,29,32,48H,12,15,22-24H2,1-10H3,(H,40,46);8,12-13,15-18,21,23,28,31H,9-11,14,19-20H2,1-7H3;1H3;9*1-2H3;1H;1H3;2*1H;/q;;;;;;;;;;;;;-1;;;+2/p-2/b21-20+;;;;;;;;;;;;;;;;/t29?,32-,39-;23-,28+,31+,35+;;;;;;;;;;;;;;;/m01.............../s1. The number of non-ortho nitro benzene ring substituents is 2. The fourth-order valence-corrected chi connectivity index (χ4v) is 19.8. The molecule has 11 rings (SSSR count). The molecule has 0 radical (unpaired) electrons. The summed E-state index contributed by atoms with van der Waals surface area (Å²) in [4.78, 5) is 96.9. The summed E-state index contributed by atoms with van der Waals surface area (Å²) < 4.78 is 92.9. The zero-order valence-electron chi connectivity index (χ0n) is 85.2. The average molecular weight is 2010 g/mol. The van der Waals surface area contributed by atoms with Crippen molar-refractivity contribution in [3.8, 4) is 12.6 Å². The number of carbonyl (C=O) groups excluding carboxylic acids is 5. The van der Waals surface area contributed by atoms with Gasteiger partial charge in [-0.3, -0.25) is 49.4 Å². The first-order valence-corrected chi connectivity index (χ1v) is 52.1. The maximum absolute atomic E-state index is 15.1. The number of fused-ring (bicyclic) bond motifs is 3. The van der Waals surface area contributed by atoms with Crippen LogP contribution in [0.25, 0.3) is 6.08 Å². The van der Waals surface area contributed by atoms with E-state index in [1.54, 1.807) is 125 Å². The molecule has 6 heterocycles. The number of sulfonamides is 2. The number of halogens is 2. The number of nitriles is 2. The molecule has 0 bridgehead atoms. The third kappa shape index (κ3) is 32.3. The van der Waals surface area contributed by atoms with E-state index in [0.29, 0.717) is 67.6 Å². The van der Waals surface area contributed by atoms with Gasteiger partial charge in [0.1, 0.15) is 51.4 Å². The van der Waals surface area contributed by atoms with Gasteiger partial charge in [-0.15, -0.1) is 0 Å². The van der Waals surface area contributed by atoms with E-state index in [9.17, 15) is 52.9 Å². The molecular formula is C96H158Cl2N11O19PdS2-. The Balaban J connectivity index is -0.000000983. The molecule has 30 nitrogen and oxygen atoms in total. The summed E-state index contributed by atoms with van der Waals surface area (Å²) in [7, 11) is 0.616. The fourth-order valence-electron chi connectivity index (χ4n) is 15.7. The van der Waals surface area contributed by atoms with Crippen LogP contribution in [0.5, 0.6) is 0 Å². The summed E-state index contributed by atoms with van der Waals surface area (Å²) in [6.07, 6.45) is 4.44. The van der Waals surface area contributed by atoms with E-state index in [0.717, 1.165) is 47.4 Å². The molecule has 2 N–H and O–H groups in total. The minimum absolute atomic E-state index is 0. The van der Waals surface area contributed by atoms with Gasteiger partial charge in [-0.05, 0) is 210 Å². The topological polar surface area (TPSA) is 385 Å². The number of anilines is 2. The van der Waals surface area contributed by atoms with E-state index in [-0.39, 0.29) is 75.9 Å². The molecule has 5 amide bonds. The number of amides is 5. The van der Waals surface area contributed by atoms with Gasteiger partial charge in [0.05, 0.1) is 42.7 Å². The molecule has 1 unspecified atom stereocenters. The zero-order chi connectivity index (χ0) is 102. The van der Waals surface area contributed by atoms with Gasteiger partial charge in [0.25, 0.3) is 23.2 Å². The number of likely N-dealkylation sites (tertiary alicyclic amines) is 2. The van der Waals surface area contributed by atoms with E-state index in [1.165, 1.54) is 74.4 Å². The van der Waals surface area contributed by atoms with Gasteiger partial charge in [-0.1, -0.05) is 179 Å². The van der Waals surface area contributed by atoms with Crippen LogP contribution in [-0.2, 0) is 80.3 Å². The van der Waals surface area contributed by atoms with Crippen molar-refractivity contribution < 1.29 is 95.4 Å². The van der Waals surface area contributed by atoms with Crippen molar-refractivity contribution >= 4 is 98.0 Å². The first-order chi connectivity index (χ1) is 60.9. The van der Waals surface area contributed by atoms with Crippen LogP contribution < -0.4 is 15.1 Å². The van der Waals surface area contributed by atoms with Crippen LogP contribution in [-0.4, -0.2) is 158 Å². The Morgan fingerprint density at radius 1 is 0.588 bits per heavy atom. The molecule has 4 fully saturated rings. The van der Waals surface area contributed by atoms with Gasteiger partial charge in [0.2, 0.25) is 20.0 Å². The van der Waals surface area contributed by atoms with Crippen molar-refractivity contribution in [1.82, 2.24) is 23.7 Å². The van der Waals surface area contributed by atoms with Crippen molar-refractivity contribution in [2.75, 3.05) is 29.4 Å². The summed E-state index contributed by atoms with van der Waals surface area (Å²) in [5, 5.41) is 50.2. The third-order valence-electron chi connectivity index (χ3n) is 19.2. The molecule has 131 heavy (non-hydrogen) atoms. The molecule has 7 atom stereocenters. The van der Waals surface area contributed by atoms with E-state index in [2.05, 4.69) is 18.0 Å². The van der Waals surface area contributed by atoms with Crippen LogP contribution in [0.4, 0.5) is 37.1 Å². The number of benzene rings is 4. The van der Waals surface area contributed by atoms with Gasteiger partial charge in [0.15, 0.2) is 12.5 Å². The number of alkyl carbamates (subject to hydrolysis) is 1. The molecule has 748 valence electrons. The van der Waals surface area contributed by atoms with E-state index in [4.69, 9.17) is 53.3 Å². The Bertz CT molecular complexity index is 4580. The molecule has 0 saturated carbocycles. The molecule has 1 spiro atoms. The number of allylic oxidation sites excluding steroid dienone is 2. The Labute approximate surface area is 802 Å². The van der Waals surface area contributed by atoms with Crippen molar-refractivity contribution in [1.29, 1.82) is 10.5 Å². The van der Waals surface area contributed by atoms with Gasteiger partial charge in [-0.25, -0.2) is 36.5 Å². The number of nitro groups is 2. The van der Waals surface area contributed by atoms with Crippen LogP contribution in [0.2, 0.25) is 0 Å². The van der Waals surface area contributed by atoms with E-state index >= 15 is 13.2 Å². The predicted octanol–water partition coefficient (Wildman–Crippen LogP) is 24.3. The van der Waals surface area contributed by atoms with Crippen molar-refractivity contribution in [3.05, 3.63) is 153 Å². The zero-order valence-corrected chi connectivity index (χ0v) is 89.9. The summed E-state index contributed by atoms with van der Waals surface area (Å²) in [5.74, 6) is -0.915. The van der Waals surface area contributed by atoms with Crippen molar-refractivity contribution in [2.24, 2.45) is 0 Å². The van der Waals surface area contributed by atoms with Gasteiger partial charge in [-0.2, -0.15) is 13.9 Å². The molecule has 1 aliphatic carbocycles. The monoisotopic (exact) mass is 2010 g/mol. The number of hydrogen-bond donors (Lipinski definition) is 2. The van der Waals surface area contributed by atoms with Crippen LogP contribution in [0.1, 0.15) is 329 Å². The average Bonchev–Trinajstić information content (AvgIpc) is 1.51. The van der Waals surface area contributed by atoms with Crippen molar-refractivity contribution in [3.63, 3.8) is 0 Å². The minimum atomic E-state index is -4.65. The van der Waals surface area contributed by atoms with E-state index < -0.39 is 124 Å². The molecule has 4 aromatic rings.